The number of halogens is 1. The molecule has 0 fully saturated rings. The molecule has 0 bridgehead atoms. The van der Waals surface area contributed by atoms with Crippen LogP contribution in [0.1, 0.15) is 16.6 Å². The van der Waals surface area contributed by atoms with E-state index in [1.54, 1.807) is 10.9 Å². The molecule has 1 unspecified atom stereocenters. The summed E-state index contributed by atoms with van der Waals surface area (Å²) in [5.74, 6) is -0.0495. The molecule has 0 aliphatic rings. The Morgan fingerprint density at radius 1 is 1.71 bits per heavy atom. The van der Waals surface area contributed by atoms with Gasteiger partial charge in [-0.15, -0.1) is 11.3 Å². The molecule has 1 amide bonds. The fourth-order valence-corrected chi connectivity index (χ4v) is 2.93. The lowest BCUT2D eigenvalue weighted by atomic mass is 10.3. The number of hydrogen-bond acceptors (Lipinski definition) is 3. The van der Waals surface area contributed by atoms with Gasteiger partial charge in [0, 0.05) is 22.9 Å². The van der Waals surface area contributed by atoms with Crippen molar-refractivity contribution in [3.05, 3.63) is 39.3 Å². The topological polar surface area (TPSA) is 46.9 Å². The number of nitrogens with zero attached hydrogens (tertiary/aromatic N) is 2. The third kappa shape index (κ3) is 3.17. The van der Waals surface area contributed by atoms with Gasteiger partial charge in [0.2, 0.25) is 0 Å². The molecule has 2 heterocycles. The van der Waals surface area contributed by atoms with Crippen LogP contribution in [0, 0.1) is 0 Å². The average molecular weight is 314 g/mol. The van der Waals surface area contributed by atoms with Gasteiger partial charge in [-0.05, 0) is 40.4 Å². The van der Waals surface area contributed by atoms with E-state index in [1.165, 1.54) is 11.3 Å². The van der Waals surface area contributed by atoms with Gasteiger partial charge < -0.3 is 5.32 Å². The molecule has 4 nitrogen and oxygen atoms in total. The van der Waals surface area contributed by atoms with Crippen LogP contribution in [0.4, 0.5) is 0 Å². The van der Waals surface area contributed by atoms with E-state index in [1.807, 2.05) is 30.6 Å². The first-order valence-electron chi connectivity index (χ1n) is 5.18. The average Bonchev–Trinajstić information content (AvgIpc) is 2.88. The van der Waals surface area contributed by atoms with Crippen LogP contribution in [0.25, 0.3) is 0 Å². The Morgan fingerprint density at radius 3 is 3.12 bits per heavy atom. The summed E-state index contributed by atoms with van der Waals surface area (Å²) in [6.07, 6.45) is 3.61. The third-order valence-electron chi connectivity index (χ3n) is 2.22. The van der Waals surface area contributed by atoms with Crippen molar-refractivity contribution in [2.24, 2.45) is 0 Å². The van der Waals surface area contributed by atoms with Gasteiger partial charge in [0.05, 0.1) is 6.54 Å². The fourth-order valence-electron chi connectivity index (χ4n) is 1.48. The van der Waals surface area contributed by atoms with Crippen molar-refractivity contribution < 1.29 is 4.79 Å². The molecule has 17 heavy (non-hydrogen) atoms. The minimum absolute atomic E-state index is 0.0383. The lowest BCUT2D eigenvalue weighted by Gasteiger charge is -2.13. The molecule has 0 saturated carbocycles. The van der Waals surface area contributed by atoms with Gasteiger partial charge in [0.25, 0.3) is 5.91 Å². The summed E-state index contributed by atoms with van der Waals surface area (Å²) >= 11 is 4.78. The van der Waals surface area contributed by atoms with Crippen LogP contribution in [0.15, 0.2) is 34.4 Å². The molecule has 2 aromatic rings. The Morgan fingerprint density at radius 2 is 2.53 bits per heavy atom. The van der Waals surface area contributed by atoms with E-state index in [9.17, 15) is 4.79 Å². The lowest BCUT2D eigenvalue weighted by Crippen LogP contribution is -2.35. The number of carbonyl (C=O) groups is 1. The summed E-state index contributed by atoms with van der Waals surface area (Å²) in [7, 11) is 0. The van der Waals surface area contributed by atoms with E-state index in [-0.39, 0.29) is 11.9 Å². The molecule has 0 aliphatic heterocycles. The second-order valence-electron chi connectivity index (χ2n) is 3.70. The number of thiophene rings is 1. The Kier molecular flexibility index (Phi) is 3.96. The molecule has 0 aromatic carbocycles. The van der Waals surface area contributed by atoms with Gasteiger partial charge in [0.1, 0.15) is 4.88 Å². The monoisotopic (exact) mass is 313 g/mol. The van der Waals surface area contributed by atoms with E-state index < -0.39 is 0 Å². The Balaban J connectivity index is 1.93. The molecule has 2 aromatic heterocycles. The first-order chi connectivity index (χ1) is 8.16. The zero-order valence-corrected chi connectivity index (χ0v) is 11.7. The maximum absolute atomic E-state index is 11.9. The summed E-state index contributed by atoms with van der Waals surface area (Å²) in [5, 5.41) is 8.93. The van der Waals surface area contributed by atoms with E-state index >= 15 is 0 Å². The van der Waals surface area contributed by atoms with Crippen LogP contribution in [0.5, 0.6) is 0 Å². The standard InChI is InChI=1S/C11H12BrN3OS/c1-8(7-15-5-2-4-13-15)14-11(16)10-9(12)3-6-17-10/h2-6,8H,7H2,1H3,(H,14,16). The number of rotatable bonds is 4. The van der Waals surface area contributed by atoms with E-state index in [2.05, 4.69) is 26.3 Å². The SMILES string of the molecule is CC(Cn1cccn1)NC(=O)c1sccc1Br. The van der Waals surface area contributed by atoms with Gasteiger partial charge in [-0.1, -0.05) is 0 Å². The summed E-state index contributed by atoms with van der Waals surface area (Å²) in [6.45, 7) is 2.63. The largest absolute Gasteiger partial charge is 0.347 e. The van der Waals surface area contributed by atoms with E-state index in [4.69, 9.17) is 0 Å². The summed E-state index contributed by atoms with van der Waals surface area (Å²) < 4.78 is 2.64. The molecule has 90 valence electrons. The number of hydrogen-bond donors (Lipinski definition) is 1. The molecule has 0 saturated heterocycles. The molecular weight excluding hydrogens is 302 g/mol. The van der Waals surface area contributed by atoms with Crippen molar-refractivity contribution in [3.8, 4) is 0 Å². The van der Waals surface area contributed by atoms with Crippen molar-refractivity contribution in [3.63, 3.8) is 0 Å². The van der Waals surface area contributed by atoms with Gasteiger partial charge in [-0.2, -0.15) is 5.10 Å². The molecular formula is C11H12BrN3OS. The summed E-state index contributed by atoms with van der Waals surface area (Å²) in [5.41, 5.74) is 0. The Hall–Kier alpha value is -1.14. The second-order valence-corrected chi connectivity index (χ2v) is 5.47. The molecule has 1 atom stereocenters. The van der Waals surface area contributed by atoms with Gasteiger partial charge in [0.15, 0.2) is 0 Å². The van der Waals surface area contributed by atoms with Crippen molar-refractivity contribution in [1.29, 1.82) is 0 Å². The van der Waals surface area contributed by atoms with Crippen molar-refractivity contribution in [2.75, 3.05) is 0 Å². The minimum atomic E-state index is -0.0495. The maximum atomic E-state index is 11.9. The van der Waals surface area contributed by atoms with Gasteiger partial charge >= 0.3 is 0 Å². The molecule has 1 N–H and O–H groups in total. The van der Waals surface area contributed by atoms with Crippen LogP contribution >= 0.6 is 27.3 Å². The third-order valence-corrected chi connectivity index (χ3v) is 4.06. The van der Waals surface area contributed by atoms with E-state index in [0.29, 0.717) is 11.4 Å². The Bertz CT molecular complexity index is 495. The first kappa shape index (κ1) is 12.3. The second kappa shape index (κ2) is 5.46. The first-order valence-corrected chi connectivity index (χ1v) is 6.85. The number of amides is 1. The molecule has 6 heteroatoms. The smallest absolute Gasteiger partial charge is 0.262 e. The normalized spacial score (nSPS) is 12.4. The van der Waals surface area contributed by atoms with Crippen LogP contribution in [-0.4, -0.2) is 21.7 Å². The summed E-state index contributed by atoms with van der Waals surface area (Å²) in [4.78, 5) is 12.6. The number of carbonyl (C=O) groups excluding carboxylic acids is 1. The highest BCUT2D eigenvalue weighted by Crippen LogP contribution is 2.22. The van der Waals surface area contributed by atoms with Gasteiger partial charge in [-0.3, -0.25) is 9.48 Å². The predicted molar refractivity (Wildman–Crippen MR) is 71.2 cm³/mol. The Labute approximate surface area is 112 Å². The van der Waals surface area contributed by atoms with Crippen LogP contribution in [-0.2, 0) is 6.54 Å². The minimum Gasteiger partial charge on any atom is -0.347 e. The lowest BCUT2D eigenvalue weighted by molar-refractivity contribution is 0.0939. The zero-order chi connectivity index (χ0) is 12.3. The summed E-state index contributed by atoms with van der Waals surface area (Å²) in [6, 6.07) is 3.78. The molecule has 0 aliphatic carbocycles. The van der Waals surface area contributed by atoms with Crippen LogP contribution in [0.3, 0.4) is 0 Å². The van der Waals surface area contributed by atoms with Gasteiger partial charge in [-0.25, -0.2) is 0 Å². The molecule has 0 spiro atoms. The van der Waals surface area contributed by atoms with Crippen LogP contribution in [0.2, 0.25) is 0 Å². The van der Waals surface area contributed by atoms with Crippen LogP contribution < -0.4 is 5.32 Å². The van der Waals surface area contributed by atoms with Crippen molar-refractivity contribution >= 4 is 33.2 Å². The van der Waals surface area contributed by atoms with E-state index in [0.717, 1.165) is 4.47 Å². The highest BCUT2D eigenvalue weighted by atomic mass is 79.9. The highest BCUT2D eigenvalue weighted by Gasteiger charge is 2.14. The molecule has 2 rings (SSSR count). The maximum Gasteiger partial charge on any atom is 0.262 e. The molecule has 0 radical (unpaired) electrons. The number of aromatic nitrogens is 2. The quantitative estimate of drug-likeness (QED) is 0.943. The predicted octanol–water partition coefficient (Wildman–Crippen LogP) is 2.53. The fraction of sp³-hybridized carbons (Fsp3) is 0.273. The highest BCUT2D eigenvalue weighted by molar-refractivity contribution is 9.10. The number of nitrogens with one attached hydrogen (secondary N) is 1. The van der Waals surface area contributed by atoms with Crippen molar-refractivity contribution in [1.82, 2.24) is 15.1 Å². The van der Waals surface area contributed by atoms with Crippen molar-refractivity contribution in [2.45, 2.75) is 19.5 Å². The zero-order valence-electron chi connectivity index (χ0n) is 9.26.